The molecular weight excluding hydrogens is 274 g/mol. The number of pyridine rings is 1. The van der Waals surface area contributed by atoms with Gasteiger partial charge >= 0.3 is 0 Å². The third-order valence-electron chi connectivity index (χ3n) is 3.35. The molecule has 1 amide bonds. The molecule has 0 aliphatic heterocycles. The summed E-state index contributed by atoms with van der Waals surface area (Å²) >= 11 is 0. The van der Waals surface area contributed by atoms with E-state index in [4.69, 9.17) is 0 Å². The minimum absolute atomic E-state index is 0.135. The number of nitrogens with zero attached hydrogens (tertiary/aromatic N) is 1. The molecule has 0 fully saturated rings. The smallest absolute Gasteiger partial charge is 0.256 e. The largest absolute Gasteiger partial charge is 0.370 e. The maximum absolute atomic E-state index is 12.6. The monoisotopic (exact) mass is 291 g/mol. The first-order chi connectivity index (χ1) is 10.8. The van der Waals surface area contributed by atoms with Crippen LogP contribution in [0.4, 0.5) is 11.5 Å². The summed E-state index contributed by atoms with van der Waals surface area (Å²) in [6.45, 7) is 2.76. The van der Waals surface area contributed by atoms with Crippen molar-refractivity contribution in [3.05, 3.63) is 66.2 Å². The van der Waals surface area contributed by atoms with Gasteiger partial charge in [0.25, 0.3) is 5.91 Å². The van der Waals surface area contributed by atoms with E-state index in [-0.39, 0.29) is 5.91 Å². The Bertz CT molecular complexity index is 800. The van der Waals surface area contributed by atoms with Gasteiger partial charge in [-0.2, -0.15) is 0 Å². The number of anilines is 2. The second-order valence-corrected chi connectivity index (χ2v) is 4.92. The van der Waals surface area contributed by atoms with Gasteiger partial charge in [0.15, 0.2) is 0 Å². The van der Waals surface area contributed by atoms with Gasteiger partial charge in [0.2, 0.25) is 0 Å². The summed E-state index contributed by atoms with van der Waals surface area (Å²) in [6.07, 6.45) is 0. The number of para-hydroxylation sites is 2. The molecule has 0 bridgehead atoms. The van der Waals surface area contributed by atoms with E-state index < -0.39 is 0 Å². The predicted octanol–water partition coefficient (Wildman–Crippen LogP) is 3.92. The number of nitrogens with one attached hydrogen (secondary N) is 2. The highest BCUT2D eigenvalue weighted by atomic mass is 16.1. The summed E-state index contributed by atoms with van der Waals surface area (Å²) in [6, 6.07) is 18.9. The number of hydrogen-bond donors (Lipinski definition) is 2. The highest BCUT2D eigenvalue weighted by Gasteiger charge is 2.13. The van der Waals surface area contributed by atoms with Crippen molar-refractivity contribution < 1.29 is 4.79 Å². The molecule has 0 unspecified atom stereocenters. The summed E-state index contributed by atoms with van der Waals surface area (Å²) in [7, 11) is 0. The molecule has 3 aromatic rings. The van der Waals surface area contributed by atoms with Crippen LogP contribution in [-0.2, 0) is 0 Å². The van der Waals surface area contributed by atoms with E-state index in [1.807, 2.05) is 61.5 Å². The van der Waals surface area contributed by atoms with Crippen LogP contribution in [0, 0.1) is 0 Å². The van der Waals surface area contributed by atoms with E-state index in [1.165, 1.54) is 0 Å². The average Bonchev–Trinajstić information content (AvgIpc) is 2.55. The molecule has 2 N–H and O–H groups in total. The van der Waals surface area contributed by atoms with Gasteiger partial charge in [0, 0.05) is 17.6 Å². The molecule has 0 aliphatic rings. The molecule has 22 heavy (non-hydrogen) atoms. The van der Waals surface area contributed by atoms with Crippen molar-refractivity contribution in [2.75, 3.05) is 17.2 Å². The molecule has 2 aromatic carbocycles. The number of carbonyl (C=O) groups excluding carboxylic acids is 1. The molecule has 4 heteroatoms. The molecule has 1 heterocycles. The summed E-state index contributed by atoms with van der Waals surface area (Å²) in [5.41, 5.74) is 2.20. The topological polar surface area (TPSA) is 54.0 Å². The Kier molecular flexibility index (Phi) is 4.01. The van der Waals surface area contributed by atoms with Crippen LogP contribution in [0.5, 0.6) is 0 Å². The van der Waals surface area contributed by atoms with Crippen LogP contribution in [0.1, 0.15) is 17.3 Å². The highest BCUT2D eigenvalue weighted by Crippen LogP contribution is 2.22. The van der Waals surface area contributed by atoms with E-state index in [0.717, 1.165) is 23.1 Å². The van der Waals surface area contributed by atoms with Crippen LogP contribution in [0.25, 0.3) is 10.9 Å². The number of benzene rings is 2. The number of amides is 1. The fraction of sp³-hybridized carbons (Fsp3) is 0.111. The van der Waals surface area contributed by atoms with Crippen molar-refractivity contribution in [3.8, 4) is 0 Å². The fourth-order valence-electron chi connectivity index (χ4n) is 2.35. The van der Waals surface area contributed by atoms with Gasteiger partial charge in [-0.3, -0.25) is 4.79 Å². The van der Waals surface area contributed by atoms with E-state index in [2.05, 4.69) is 15.6 Å². The molecule has 3 rings (SSSR count). The second kappa shape index (κ2) is 6.26. The predicted molar refractivity (Wildman–Crippen MR) is 90.3 cm³/mol. The summed E-state index contributed by atoms with van der Waals surface area (Å²) in [5, 5.41) is 6.94. The quantitative estimate of drug-likeness (QED) is 0.766. The maximum atomic E-state index is 12.6. The molecule has 0 atom stereocenters. The number of rotatable bonds is 4. The van der Waals surface area contributed by atoms with Crippen molar-refractivity contribution in [2.45, 2.75) is 6.92 Å². The fourth-order valence-corrected chi connectivity index (χ4v) is 2.35. The van der Waals surface area contributed by atoms with Crippen LogP contribution in [-0.4, -0.2) is 17.4 Å². The Morgan fingerprint density at radius 1 is 1.05 bits per heavy atom. The Labute approximate surface area is 129 Å². The first-order valence-electron chi connectivity index (χ1n) is 7.28. The third-order valence-corrected chi connectivity index (χ3v) is 3.35. The van der Waals surface area contributed by atoms with Gasteiger partial charge in [-0.15, -0.1) is 0 Å². The Morgan fingerprint density at radius 3 is 2.55 bits per heavy atom. The molecule has 0 saturated carbocycles. The van der Waals surface area contributed by atoms with Crippen molar-refractivity contribution in [1.82, 2.24) is 4.98 Å². The molecular formula is C18H17N3O. The number of fused-ring (bicyclic) bond motifs is 1. The van der Waals surface area contributed by atoms with Crippen LogP contribution in [0.2, 0.25) is 0 Å². The van der Waals surface area contributed by atoms with Gasteiger partial charge in [-0.25, -0.2) is 4.98 Å². The Hall–Kier alpha value is -2.88. The van der Waals surface area contributed by atoms with Gasteiger partial charge in [-0.05, 0) is 31.2 Å². The first kappa shape index (κ1) is 14.1. The zero-order valence-electron chi connectivity index (χ0n) is 12.3. The van der Waals surface area contributed by atoms with E-state index in [1.54, 1.807) is 6.07 Å². The highest BCUT2D eigenvalue weighted by molar-refractivity contribution is 6.12. The summed E-state index contributed by atoms with van der Waals surface area (Å²) < 4.78 is 0. The van der Waals surface area contributed by atoms with Crippen LogP contribution < -0.4 is 10.6 Å². The van der Waals surface area contributed by atoms with Crippen LogP contribution in [0.3, 0.4) is 0 Å². The molecule has 4 nitrogen and oxygen atoms in total. The standard InChI is InChI=1S/C18H17N3O/c1-2-19-17-12-15(14-10-6-7-11-16(14)21-17)18(22)20-13-8-4-3-5-9-13/h3-12H,2H2,1H3,(H,19,21)(H,20,22). The SMILES string of the molecule is CCNc1cc(C(=O)Nc2ccccc2)c2ccccc2n1. The number of hydrogen-bond acceptors (Lipinski definition) is 3. The molecule has 0 radical (unpaired) electrons. The van der Waals surface area contributed by atoms with Crippen LogP contribution >= 0.6 is 0 Å². The van der Waals surface area contributed by atoms with Gasteiger partial charge in [0.1, 0.15) is 5.82 Å². The third kappa shape index (κ3) is 2.91. The number of aromatic nitrogens is 1. The van der Waals surface area contributed by atoms with Crippen molar-refractivity contribution in [2.24, 2.45) is 0 Å². The van der Waals surface area contributed by atoms with Gasteiger partial charge in [-0.1, -0.05) is 36.4 Å². The maximum Gasteiger partial charge on any atom is 0.256 e. The lowest BCUT2D eigenvalue weighted by molar-refractivity contribution is 0.102. The Balaban J connectivity index is 2.02. The first-order valence-corrected chi connectivity index (χ1v) is 7.28. The summed E-state index contributed by atoms with van der Waals surface area (Å²) in [4.78, 5) is 17.1. The van der Waals surface area contributed by atoms with E-state index in [0.29, 0.717) is 11.4 Å². The molecule has 110 valence electrons. The van der Waals surface area contributed by atoms with Gasteiger partial charge < -0.3 is 10.6 Å². The molecule has 0 spiro atoms. The minimum Gasteiger partial charge on any atom is -0.370 e. The molecule has 0 saturated heterocycles. The summed E-state index contributed by atoms with van der Waals surface area (Å²) in [5.74, 6) is 0.573. The minimum atomic E-state index is -0.135. The second-order valence-electron chi connectivity index (χ2n) is 4.92. The molecule has 0 aliphatic carbocycles. The molecule has 1 aromatic heterocycles. The normalized spacial score (nSPS) is 10.4. The Morgan fingerprint density at radius 2 is 1.77 bits per heavy atom. The van der Waals surface area contributed by atoms with Crippen molar-refractivity contribution >= 4 is 28.3 Å². The lowest BCUT2D eigenvalue weighted by Gasteiger charge is -2.11. The van der Waals surface area contributed by atoms with E-state index in [9.17, 15) is 4.79 Å². The van der Waals surface area contributed by atoms with Crippen molar-refractivity contribution in [1.29, 1.82) is 0 Å². The lowest BCUT2D eigenvalue weighted by atomic mass is 10.1. The number of carbonyl (C=O) groups is 1. The van der Waals surface area contributed by atoms with E-state index >= 15 is 0 Å². The lowest BCUT2D eigenvalue weighted by Crippen LogP contribution is -2.13. The zero-order chi connectivity index (χ0) is 15.4. The van der Waals surface area contributed by atoms with Crippen LogP contribution in [0.15, 0.2) is 60.7 Å². The van der Waals surface area contributed by atoms with Crippen molar-refractivity contribution in [3.63, 3.8) is 0 Å². The van der Waals surface area contributed by atoms with Gasteiger partial charge in [0.05, 0.1) is 11.1 Å². The zero-order valence-corrected chi connectivity index (χ0v) is 12.3. The average molecular weight is 291 g/mol.